The molecule has 0 unspecified atom stereocenters. The van der Waals surface area contributed by atoms with Crippen molar-refractivity contribution in [2.45, 2.75) is 19.9 Å². The van der Waals surface area contributed by atoms with Gasteiger partial charge in [-0.3, -0.25) is 4.79 Å². The van der Waals surface area contributed by atoms with Gasteiger partial charge in [0.25, 0.3) is 0 Å². The zero-order valence-corrected chi connectivity index (χ0v) is 10.7. The molecule has 1 fully saturated rings. The number of aromatic amines is 1. The number of H-pyrrole nitrogens is 1. The summed E-state index contributed by atoms with van der Waals surface area (Å²) in [5.74, 6) is 0.199. The second kappa shape index (κ2) is 6.51. The normalized spacial score (nSPS) is 15.9. The maximum absolute atomic E-state index is 11.8. The van der Waals surface area contributed by atoms with Crippen LogP contribution in [0, 0.1) is 6.92 Å². The first-order valence-electron chi connectivity index (χ1n) is 6.32. The second-order valence-electron chi connectivity index (χ2n) is 4.39. The van der Waals surface area contributed by atoms with Gasteiger partial charge >= 0.3 is 0 Å². The van der Waals surface area contributed by atoms with Crippen molar-refractivity contribution in [2.24, 2.45) is 0 Å². The van der Waals surface area contributed by atoms with E-state index in [0.29, 0.717) is 32.7 Å². The predicted molar refractivity (Wildman–Crippen MR) is 67.0 cm³/mol. The molecule has 1 aromatic rings. The van der Waals surface area contributed by atoms with Gasteiger partial charge in [-0.05, 0) is 6.92 Å². The van der Waals surface area contributed by atoms with E-state index in [-0.39, 0.29) is 5.91 Å². The van der Waals surface area contributed by atoms with Gasteiger partial charge in [0.15, 0.2) is 0 Å². The molecule has 2 heterocycles. The molecule has 0 bridgehead atoms. The maximum Gasteiger partial charge on any atom is 0.224 e. The van der Waals surface area contributed by atoms with Crippen LogP contribution in [0.5, 0.6) is 0 Å². The van der Waals surface area contributed by atoms with Crippen LogP contribution in [0.3, 0.4) is 0 Å². The van der Waals surface area contributed by atoms with Gasteiger partial charge in [0.2, 0.25) is 5.91 Å². The lowest BCUT2D eigenvalue weighted by molar-refractivity contribution is -0.135. The smallest absolute Gasteiger partial charge is 0.224 e. The molecule has 1 saturated heterocycles. The van der Waals surface area contributed by atoms with Gasteiger partial charge in [0.1, 0.15) is 0 Å². The van der Waals surface area contributed by atoms with E-state index in [9.17, 15) is 4.79 Å². The zero-order chi connectivity index (χ0) is 12.8. The molecule has 0 spiro atoms. The molecule has 2 N–H and O–H groups in total. The minimum absolute atomic E-state index is 0.199. The van der Waals surface area contributed by atoms with Crippen LogP contribution < -0.4 is 5.32 Å². The fourth-order valence-corrected chi connectivity index (χ4v) is 1.94. The van der Waals surface area contributed by atoms with Crippen molar-refractivity contribution in [1.82, 2.24) is 20.2 Å². The van der Waals surface area contributed by atoms with Crippen molar-refractivity contribution < 1.29 is 9.53 Å². The quantitative estimate of drug-likeness (QED) is 0.727. The Morgan fingerprint density at radius 2 is 2.33 bits per heavy atom. The fraction of sp³-hybridized carbons (Fsp3) is 0.667. The van der Waals surface area contributed by atoms with E-state index in [4.69, 9.17) is 4.74 Å². The largest absolute Gasteiger partial charge is 0.378 e. The van der Waals surface area contributed by atoms with Crippen molar-refractivity contribution >= 4 is 5.91 Å². The number of imidazole rings is 1. The van der Waals surface area contributed by atoms with Crippen LogP contribution in [-0.4, -0.2) is 53.6 Å². The Kier molecular flexibility index (Phi) is 4.72. The summed E-state index contributed by atoms with van der Waals surface area (Å²) in [5.41, 5.74) is 2.08. The van der Waals surface area contributed by atoms with Crippen LogP contribution in [-0.2, 0) is 16.1 Å². The van der Waals surface area contributed by atoms with Crippen LogP contribution in [0.25, 0.3) is 0 Å². The van der Waals surface area contributed by atoms with Gasteiger partial charge in [0, 0.05) is 38.3 Å². The second-order valence-corrected chi connectivity index (χ2v) is 4.39. The molecule has 0 aliphatic carbocycles. The van der Waals surface area contributed by atoms with Gasteiger partial charge < -0.3 is 19.9 Å². The van der Waals surface area contributed by atoms with Crippen molar-refractivity contribution in [3.63, 3.8) is 0 Å². The molecule has 6 nitrogen and oxygen atoms in total. The Labute approximate surface area is 107 Å². The topological polar surface area (TPSA) is 70.2 Å². The van der Waals surface area contributed by atoms with Crippen LogP contribution in [0.1, 0.15) is 17.8 Å². The number of nitrogens with zero attached hydrogens (tertiary/aromatic N) is 2. The number of nitrogens with one attached hydrogen (secondary N) is 2. The Balaban J connectivity index is 1.63. The number of morpholine rings is 1. The highest BCUT2D eigenvalue weighted by molar-refractivity contribution is 5.76. The molecular formula is C12H20N4O2. The van der Waals surface area contributed by atoms with E-state index in [2.05, 4.69) is 15.3 Å². The third-order valence-corrected chi connectivity index (χ3v) is 3.11. The first-order valence-corrected chi connectivity index (χ1v) is 6.32. The summed E-state index contributed by atoms with van der Waals surface area (Å²) in [6, 6.07) is 0. The number of aryl methyl sites for hydroxylation is 1. The number of carbonyl (C=O) groups is 1. The maximum atomic E-state index is 11.8. The highest BCUT2D eigenvalue weighted by atomic mass is 16.5. The molecule has 1 aliphatic rings. The van der Waals surface area contributed by atoms with Crippen LogP contribution >= 0.6 is 0 Å². The summed E-state index contributed by atoms with van der Waals surface area (Å²) in [6.45, 7) is 6.13. The highest BCUT2D eigenvalue weighted by Gasteiger charge is 2.15. The Bertz CT molecular complexity index is 385. The number of hydrogen-bond acceptors (Lipinski definition) is 4. The van der Waals surface area contributed by atoms with E-state index >= 15 is 0 Å². The average molecular weight is 252 g/mol. The Morgan fingerprint density at radius 1 is 1.56 bits per heavy atom. The monoisotopic (exact) mass is 252 g/mol. The summed E-state index contributed by atoms with van der Waals surface area (Å²) in [6.07, 6.45) is 2.22. The van der Waals surface area contributed by atoms with E-state index < -0.39 is 0 Å². The molecule has 0 radical (unpaired) electrons. The molecule has 2 rings (SSSR count). The third-order valence-electron chi connectivity index (χ3n) is 3.11. The number of aromatic nitrogens is 2. The van der Waals surface area contributed by atoms with Crippen LogP contribution in [0.15, 0.2) is 6.33 Å². The van der Waals surface area contributed by atoms with Gasteiger partial charge in [-0.25, -0.2) is 4.98 Å². The predicted octanol–water partition coefficient (Wildman–Crippen LogP) is 0.0566. The molecule has 1 amide bonds. The molecule has 0 saturated carbocycles. The van der Waals surface area contributed by atoms with E-state index in [1.165, 1.54) is 0 Å². The highest BCUT2D eigenvalue weighted by Crippen LogP contribution is 2.01. The lowest BCUT2D eigenvalue weighted by Crippen LogP contribution is -2.41. The first-order chi connectivity index (χ1) is 8.77. The number of carbonyl (C=O) groups excluding carboxylic acids is 1. The van der Waals surface area contributed by atoms with Gasteiger partial charge in [0.05, 0.1) is 25.2 Å². The number of rotatable bonds is 5. The van der Waals surface area contributed by atoms with E-state index in [0.717, 1.165) is 24.5 Å². The van der Waals surface area contributed by atoms with Crippen molar-refractivity contribution in [1.29, 1.82) is 0 Å². The van der Waals surface area contributed by atoms with E-state index in [1.54, 1.807) is 6.33 Å². The first kappa shape index (κ1) is 13.0. The third kappa shape index (κ3) is 3.54. The van der Waals surface area contributed by atoms with Crippen LogP contribution in [0.4, 0.5) is 0 Å². The average Bonchev–Trinajstić information content (AvgIpc) is 2.81. The van der Waals surface area contributed by atoms with Gasteiger partial charge in [-0.2, -0.15) is 0 Å². The number of ether oxygens (including phenoxy) is 1. The molecule has 6 heteroatoms. The van der Waals surface area contributed by atoms with E-state index in [1.807, 2.05) is 11.8 Å². The lowest BCUT2D eigenvalue weighted by atomic mass is 10.3. The van der Waals surface area contributed by atoms with Crippen molar-refractivity contribution in [3.05, 3.63) is 17.7 Å². The molecule has 18 heavy (non-hydrogen) atoms. The lowest BCUT2D eigenvalue weighted by Gasteiger charge is -2.26. The summed E-state index contributed by atoms with van der Waals surface area (Å²) in [5, 5.41) is 3.24. The number of amides is 1. The Hall–Kier alpha value is -1.40. The van der Waals surface area contributed by atoms with Crippen molar-refractivity contribution in [3.8, 4) is 0 Å². The molecular weight excluding hydrogens is 232 g/mol. The standard InChI is InChI=1S/C12H20N4O2/c1-10-11(15-9-14-10)8-13-3-2-12(17)16-4-6-18-7-5-16/h9,13H,2-8H2,1H3,(H,14,15). The summed E-state index contributed by atoms with van der Waals surface area (Å²) < 4.78 is 5.22. The summed E-state index contributed by atoms with van der Waals surface area (Å²) >= 11 is 0. The van der Waals surface area contributed by atoms with Crippen molar-refractivity contribution in [2.75, 3.05) is 32.8 Å². The molecule has 1 aliphatic heterocycles. The molecule has 1 aromatic heterocycles. The number of hydrogen-bond donors (Lipinski definition) is 2. The van der Waals surface area contributed by atoms with Gasteiger partial charge in [-0.15, -0.1) is 0 Å². The zero-order valence-electron chi connectivity index (χ0n) is 10.7. The fourth-order valence-electron chi connectivity index (χ4n) is 1.94. The minimum atomic E-state index is 0.199. The SMILES string of the molecule is Cc1[nH]cnc1CNCCC(=O)N1CCOCC1. The summed E-state index contributed by atoms with van der Waals surface area (Å²) in [4.78, 5) is 20.9. The Morgan fingerprint density at radius 3 is 3.00 bits per heavy atom. The van der Waals surface area contributed by atoms with Gasteiger partial charge in [-0.1, -0.05) is 0 Å². The minimum Gasteiger partial charge on any atom is -0.378 e. The molecule has 100 valence electrons. The van der Waals surface area contributed by atoms with Crippen LogP contribution in [0.2, 0.25) is 0 Å². The summed E-state index contributed by atoms with van der Waals surface area (Å²) in [7, 11) is 0. The molecule has 0 aromatic carbocycles. The molecule has 0 atom stereocenters.